The zero-order valence-corrected chi connectivity index (χ0v) is 5.05. The molecule has 0 rings (SSSR count). The zero-order chi connectivity index (χ0) is 7.28. The minimum absolute atomic E-state index is 0.375. The van der Waals surface area contributed by atoms with Crippen molar-refractivity contribution < 1.29 is 18.8 Å². The Morgan fingerprint density at radius 3 is 2.56 bits per heavy atom. The van der Waals surface area contributed by atoms with E-state index in [9.17, 15) is 9.59 Å². The lowest BCUT2D eigenvalue weighted by Crippen LogP contribution is -2.08. The summed E-state index contributed by atoms with van der Waals surface area (Å²) in [6.07, 6.45) is -0.375. The van der Waals surface area contributed by atoms with E-state index in [2.05, 4.69) is 16.0 Å². The van der Waals surface area contributed by atoms with Crippen molar-refractivity contribution >= 4 is 18.7 Å². The maximum absolute atomic E-state index is 10.2. The van der Waals surface area contributed by atoms with Gasteiger partial charge < -0.3 is 4.74 Å². The van der Waals surface area contributed by atoms with E-state index in [0.29, 0.717) is 0 Å². The fraction of sp³-hybridized carbons (Fsp3) is 0.400. The minimum Gasteiger partial charge on any atom is -0.468 e. The fourth-order valence-electron chi connectivity index (χ4n) is 0.241. The molecule has 0 N–H and O–H groups in total. The fourth-order valence-corrected chi connectivity index (χ4v) is 0.241. The van der Waals surface area contributed by atoms with Crippen LogP contribution < -0.4 is 0 Å². The molecule has 0 saturated heterocycles. The first-order valence-electron chi connectivity index (χ1n) is 2.22. The molecule has 0 bridgehead atoms. The van der Waals surface area contributed by atoms with Crippen molar-refractivity contribution in [3.05, 3.63) is 0 Å². The van der Waals surface area contributed by atoms with Crippen LogP contribution in [0.15, 0.2) is 0 Å². The Kier molecular flexibility index (Phi) is 3.27. The van der Waals surface area contributed by atoms with E-state index in [1.165, 1.54) is 7.11 Å². The Labute approximate surface area is 52.1 Å². The van der Waals surface area contributed by atoms with Crippen LogP contribution in [-0.4, -0.2) is 25.8 Å². The van der Waals surface area contributed by atoms with Crippen molar-refractivity contribution in [3.63, 3.8) is 0 Å². The van der Waals surface area contributed by atoms with E-state index in [1.54, 1.807) is 0 Å². The third-order valence-corrected chi connectivity index (χ3v) is 0.677. The summed E-state index contributed by atoms with van der Waals surface area (Å²) in [5.41, 5.74) is 0. The molecule has 50 valence electrons. The number of hydrogen-bond acceptors (Lipinski definition) is 3. The molecule has 0 fully saturated rings. The van der Waals surface area contributed by atoms with Gasteiger partial charge in [0.1, 0.15) is 0 Å². The molecule has 0 aliphatic rings. The van der Waals surface area contributed by atoms with Gasteiger partial charge in [0.05, 0.1) is 7.11 Å². The van der Waals surface area contributed by atoms with Crippen LogP contribution in [0.4, 0.5) is 0 Å². The molecule has 0 aromatic carbocycles. The Morgan fingerprint density at radius 1 is 1.67 bits per heavy atom. The first kappa shape index (κ1) is 7.81. The average molecular weight is 131 g/mol. The second-order valence-electron chi connectivity index (χ2n) is 1.27. The molecule has 4 nitrogen and oxygen atoms in total. The molecule has 0 atom stereocenters. The Morgan fingerprint density at radius 2 is 2.22 bits per heavy atom. The minimum atomic E-state index is -0.693. The van der Waals surface area contributed by atoms with Crippen LogP contribution in [0, 0.1) is 0 Å². The quantitative estimate of drug-likeness (QED) is 0.287. The number of carbonyl (C=O) groups is 2. The van der Waals surface area contributed by atoms with Gasteiger partial charge in [0.25, 0.3) is 0 Å². The van der Waals surface area contributed by atoms with Crippen molar-refractivity contribution in [1.29, 1.82) is 0 Å². The topological polar surface area (TPSA) is 54.7 Å². The Balaban J connectivity index is 3.59. The van der Waals surface area contributed by atoms with Crippen LogP contribution in [0.2, 0.25) is 0 Å². The number of hydrogen-bond donors (Lipinski definition) is 0. The Hall–Kier alpha value is -1.19. The Bertz CT molecular complexity index is 138. The highest BCUT2D eigenvalue weighted by molar-refractivity contribution is 5.89. The molecule has 0 aliphatic carbocycles. The van der Waals surface area contributed by atoms with Crippen LogP contribution in [0.1, 0.15) is 6.42 Å². The molecule has 0 amide bonds. The molecule has 0 unspecified atom stereocenters. The van der Waals surface area contributed by atoms with Crippen molar-refractivity contribution in [2.45, 2.75) is 6.42 Å². The van der Waals surface area contributed by atoms with Gasteiger partial charge in [-0.2, -0.15) is 0 Å². The summed E-state index contributed by atoms with van der Waals surface area (Å²) >= 11 is 0. The van der Waals surface area contributed by atoms with Gasteiger partial charge in [0.2, 0.25) is 6.42 Å². The summed E-state index contributed by atoms with van der Waals surface area (Å²) in [5.74, 6) is -1.31. The lowest BCUT2D eigenvalue weighted by Gasteiger charge is -1.86. The lowest BCUT2D eigenvalue weighted by atomic mass is 10.4. The number of rotatable bonds is 2. The molecule has 0 heterocycles. The summed E-state index contributed by atoms with van der Waals surface area (Å²) in [6, 6.07) is 0. The molecule has 9 heavy (non-hydrogen) atoms. The van der Waals surface area contributed by atoms with E-state index in [1.807, 2.05) is 0 Å². The highest BCUT2D eigenvalue weighted by Crippen LogP contribution is 1.82. The summed E-state index contributed by atoms with van der Waals surface area (Å²) in [5, 5.41) is 0. The molecule has 0 radical (unpaired) electrons. The van der Waals surface area contributed by atoms with Crippen LogP contribution in [0.3, 0.4) is 0 Å². The smallest absolute Gasteiger partial charge is 0.468 e. The summed E-state index contributed by atoms with van der Waals surface area (Å²) < 4.78 is 8.09. The SMILES string of the molecule is C=[O+]C(=O)CC(=O)OC. The monoisotopic (exact) mass is 131 g/mol. The maximum atomic E-state index is 10.2. The molecule has 0 aromatic heterocycles. The normalized spacial score (nSPS) is 8.11. The van der Waals surface area contributed by atoms with Gasteiger partial charge in [-0.15, -0.1) is 0 Å². The summed E-state index contributed by atoms with van der Waals surface area (Å²) in [7, 11) is 1.19. The molecule has 4 heteroatoms. The van der Waals surface area contributed by atoms with Crippen molar-refractivity contribution in [2.24, 2.45) is 0 Å². The highest BCUT2D eigenvalue weighted by Gasteiger charge is 2.18. The van der Waals surface area contributed by atoms with Gasteiger partial charge in [0, 0.05) is 4.79 Å². The second kappa shape index (κ2) is 3.77. The molecule has 0 saturated carbocycles. The van der Waals surface area contributed by atoms with E-state index in [0.717, 1.165) is 0 Å². The van der Waals surface area contributed by atoms with Gasteiger partial charge >= 0.3 is 11.9 Å². The number of ether oxygens (including phenoxy) is 1. The van der Waals surface area contributed by atoms with E-state index in [-0.39, 0.29) is 6.42 Å². The van der Waals surface area contributed by atoms with Crippen molar-refractivity contribution in [2.75, 3.05) is 7.11 Å². The van der Waals surface area contributed by atoms with Crippen molar-refractivity contribution in [1.82, 2.24) is 0 Å². The molecular weight excluding hydrogens is 124 g/mol. The van der Waals surface area contributed by atoms with E-state index in [4.69, 9.17) is 0 Å². The second-order valence-corrected chi connectivity index (χ2v) is 1.27. The number of esters is 1. The van der Waals surface area contributed by atoms with Crippen molar-refractivity contribution in [3.8, 4) is 0 Å². The van der Waals surface area contributed by atoms with Crippen LogP contribution in [-0.2, 0) is 18.8 Å². The predicted octanol–water partition coefficient (Wildman–Crippen LogP) is -0.560. The highest BCUT2D eigenvalue weighted by atomic mass is 16.5. The van der Waals surface area contributed by atoms with Gasteiger partial charge in [0.15, 0.2) is 6.79 Å². The largest absolute Gasteiger partial charge is 0.590 e. The molecule has 0 aromatic rings. The van der Waals surface area contributed by atoms with Crippen LogP contribution >= 0.6 is 0 Å². The number of carbonyl (C=O) groups excluding carboxylic acids is 3. The molecule has 0 spiro atoms. The van der Waals surface area contributed by atoms with Crippen LogP contribution in [0.25, 0.3) is 0 Å². The average Bonchev–Trinajstić information content (AvgIpc) is 1.87. The van der Waals surface area contributed by atoms with E-state index < -0.39 is 11.9 Å². The number of methoxy groups -OCH3 is 1. The first-order chi connectivity index (χ1) is 4.20. The van der Waals surface area contributed by atoms with Gasteiger partial charge in [-0.1, -0.05) is 0 Å². The van der Waals surface area contributed by atoms with E-state index >= 15 is 0 Å². The van der Waals surface area contributed by atoms with Gasteiger partial charge in [-0.05, 0) is 0 Å². The summed E-state index contributed by atoms with van der Waals surface area (Å²) in [4.78, 5) is 20.4. The third kappa shape index (κ3) is 3.40. The lowest BCUT2D eigenvalue weighted by molar-refractivity contribution is -0.368. The maximum Gasteiger partial charge on any atom is 0.590 e. The molecule has 0 aliphatic heterocycles. The summed E-state index contributed by atoms with van der Waals surface area (Å²) in [6.45, 7) is 2.82. The molecular formula is C5H7O4+. The van der Waals surface area contributed by atoms with Gasteiger partial charge in [-0.25, -0.2) is 0 Å². The van der Waals surface area contributed by atoms with Crippen LogP contribution in [0.5, 0.6) is 0 Å². The van der Waals surface area contributed by atoms with Gasteiger partial charge in [-0.3, -0.25) is 9.22 Å². The third-order valence-electron chi connectivity index (χ3n) is 0.677. The zero-order valence-electron chi connectivity index (χ0n) is 5.05. The predicted molar refractivity (Wildman–Crippen MR) is 28.8 cm³/mol. The first-order valence-corrected chi connectivity index (χ1v) is 2.22. The standard InChI is InChI=1S/C5H7O4/c1-8-4(6)3-5(7)9-2/h1,3H2,2H3/q+1.